The Morgan fingerprint density at radius 2 is 2.21 bits per heavy atom. The Bertz CT molecular complexity index is 372. The van der Waals surface area contributed by atoms with Gasteiger partial charge in [-0.2, -0.15) is 11.8 Å². The maximum atomic E-state index is 4.21. The summed E-state index contributed by atoms with van der Waals surface area (Å²) in [7, 11) is 1.81. The van der Waals surface area contributed by atoms with Gasteiger partial charge in [0.25, 0.3) is 0 Å². The Morgan fingerprint density at radius 1 is 1.42 bits per heavy atom. The molecule has 1 heterocycles. The van der Waals surface area contributed by atoms with Gasteiger partial charge in [-0.15, -0.1) is 35.3 Å². The Morgan fingerprint density at radius 3 is 2.79 bits per heavy atom. The first-order chi connectivity index (χ1) is 8.76. The quantitative estimate of drug-likeness (QED) is 0.270. The molecule has 0 saturated heterocycles. The number of thiophene rings is 1. The maximum absolute atomic E-state index is 4.21. The van der Waals surface area contributed by atoms with Crippen LogP contribution in [0.4, 0.5) is 0 Å². The zero-order valence-electron chi connectivity index (χ0n) is 11.2. The molecule has 7 heteroatoms. The van der Waals surface area contributed by atoms with Crippen LogP contribution in [0.3, 0.4) is 0 Å². The summed E-state index contributed by atoms with van der Waals surface area (Å²) >= 11 is 7.10. The van der Waals surface area contributed by atoms with Gasteiger partial charge in [-0.25, -0.2) is 0 Å². The highest BCUT2D eigenvalue weighted by Crippen LogP contribution is 2.19. The third-order valence-corrected chi connectivity index (χ3v) is 4.74. The van der Waals surface area contributed by atoms with E-state index in [2.05, 4.69) is 49.3 Å². The van der Waals surface area contributed by atoms with Gasteiger partial charge in [-0.05, 0) is 46.8 Å². The second-order valence-electron chi connectivity index (χ2n) is 3.78. The minimum absolute atomic E-state index is 0. The van der Waals surface area contributed by atoms with Crippen molar-refractivity contribution in [2.24, 2.45) is 4.99 Å². The van der Waals surface area contributed by atoms with Gasteiger partial charge in [0.15, 0.2) is 5.96 Å². The molecule has 0 spiro atoms. The molecule has 1 rings (SSSR count). The Balaban J connectivity index is 0.00000324. The van der Waals surface area contributed by atoms with Crippen molar-refractivity contribution in [2.75, 3.05) is 25.6 Å². The van der Waals surface area contributed by atoms with E-state index in [9.17, 15) is 0 Å². The molecule has 0 unspecified atom stereocenters. The molecule has 0 aliphatic carbocycles. The van der Waals surface area contributed by atoms with Gasteiger partial charge in [0, 0.05) is 28.3 Å². The van der Waals surface area contributed by atoms with Gasteiger partial charge in [0.2, 0.25) is 0 Å². The largest absolute Gasteiger partial charge is 0.356 e. The first kappa shape index (κ1) is 19.5. The molecule has 0 radical (unpaired) electrons. The van der Waals surface area contributed by atoms with Gasteiger partial charge >= 0.3 is 0 Å². The van der Waals surface area contributed by atoms with E-state index in [-0.39, 0.29) is 24.0 Å². The lowest BCUT2D eigenvalue weighted by atomic mass is 10.3. The fourth-order valence-electron chi connectivity index (χ4n) is 1.42. The smallest absolute Gasteiger partial charge is 0.191 e. The molecular formula is C12H21BrIN3S2. The first-order valence-corrected chi connectivity index (χ1v) is 8.99. The molecule has 0 saturated carbocycles. The molecular weight excluding hydrogens is 457 g/mol. The van der Waals surface area contributed by atoms with Crippen molar-refractivity contribution >= 4 is 69.0 Å². The van der Waals surface area contributed by atoms with Crippen molar-refractivity contribution in [1.29, 1.82) is 0 Å². The number of unbranched alkanes of at least 4 members (excludes halogenated alkanes) is 1. The van der Waals surface area contributed by atoms with Crippen LogP contribution < -0.4 is 10.6 Å². The summed E-state index contributed by atoms with van der Waals surface area (Å²) in [5.74, 6) is 2.11. The molecule has 2 N–H and O–H groups in total. The zero-order chi connectivity index (χ0) is 13.2. The normalized spacial score (nSPS) is 11.0. The number of hydrogen-bond acceptors (Lipinski definition) is 3. The van der Waals surface area contributed by atoms with Crippen molar-refractivity contribution in [2.45, 2.75) is 19.4 Å². The molecule has 110 valence electrons. The average Bonchev–Trinajstić information content (AvgIpc) is 2.78. The van der Waals surface area contributed by atoms with E-state index in [1.54, 1.807) is 11.3 Å². The third-order valence-electron chi connectivity index (χ3n) is 2.34. The zero-order valence-corrected chi connectivity index (χ0v) is 16.8. The van der Waals surface area contributed by atoms with E-state index in [0.717, 1.165) is 23.5 Å². The van der Waals surface area contributed by atoms with Crippen LogP contribution in [-0.4, -0.2) is 31.6 Å². The number of nitrogens with one attached hydrogen (secondary N) is 2. The van der Waals surface area contributed by atoms with E-state index < -0.39 is 0 Å². The number of halogens is 2. The summed E-state index contributed by atoms with van der Waals surface area (Å²) in [4.78, 5) is 5.51. The molecule has 1 aromatic rings. The molecule has 0 aliphatic heterocycles. The van der Waals surface area contributed by atoms with Crippen molar-refractivity contribution in [3.8, 4) is 0 Å². The topological polar surface area (TPSA) is 36.4 Å². The lowest BCUT2D eigenvalue weighted by molar-refractivity contribution is 0.734. The molecule has 0 bridgehead atoms. The predicted molar refractivity (Wildman–Crippen MR) is 103 cm³/mol. The molecule has 0 amide bonds. The van der Waals surface area contributed by atoms with Crippen LogP contribution in [0.15, 0.2) is 20.9 Å². The summed E-state index contributed by atoms with van der Waals surface area (Å²) in [5, 5.41) is 8.73. The number of guanidine groups is 1. The lowest BCUT2D eigenvalue weighted by Crippen LogP contribution is -2.37. The van der Waals surface area contributed by atoms with Gasteiger partial charge in [-0.3, -0.25) is 4.99 Å². The fourth-order valence-corrected chi connectivity index (χ4v) is 3.30. The van der Waals surface area contributed by atoms with Crippen LogP contribution in [0.5, 0.6) is 0 Å². The monoisotopic (exact) mass is 477 g/mol. The van der Waals surface area contributed by atoms with E-state index >= 15 is 0 Å². The number of aliphatic imine (C=N–C) groups is 1. The van der Waals surface area contributed by atoms with Gasteiger partial charge in [0.05, 0.1) is 6.54 Å². The number of nitrogens with zero attached hydrogens (tertiary/aromatic N) is 1. The van der Waals surface area contributed by atoms with Gasteiger partial charge in [0.1, 0.15) is 0 Å². The van der Waals surface area contributed by atoms with Crippen LogP contribution in [0.2, 0.25) is 0 Å². The van der Waals surface area contributed by atoms with E-state index in [4.69, 9.17) is 0 Å². The number of rotatable bonds is 7. The van der Waals surface area contributed by atoms with Crippen LogP contribution in [0.25, 0.3) is 0 Å². The van der Waals surface area contributed by atoms with Crippen LogP contribution >= 0.6 is 63.0 Å². The molecule has 19 heavy (non-hydrogen) atoms. The van der Waals surface area contributed by atoms with Crippen LogP contribution in [0.1, 0.15) is 17.7 Å². The number of thioether (sulfide) groups is 1. The van der Waals surface area contributed by atoms with E-state index in [1.165, 1.54) is 23.5 Å². The minimum Gasteiger partial charge on any atom is -0.356 e. The molecule has 0 fully saturated rings. The number of hydrogen-bond donors (Lipinski definition) is 2. The summed E-state index contributed by atoms with van der Waals surface area (Å²) < 4.78 is 1.14. The van der Waals surface area contributed by atoms with Crippen LogP contribution in [-0.2, 0) is 6.54 Å². The van der Waals surface area contributed by atoms with Crippen LogP contribution in [0, 0.1) is 0 Å². The fraction of sp³-hybridized carbons (Fsp3) is 0.583. The maximum Gasteiger partial charge on any atom is 0.191 e. The average molecular weight is 478 g/mol. The highest BCUT2D eigenvalue weighted by Gasteiger charge is 2.00. The molecule has 1 aromatic heterocycles. The second kappa shape index (κ2) is 12.3. The van der Waals surface area contributed by atoms with Gasteiger partial charge in [-0.1, -0.05) is 0 Å². The lowest BCUT2D eigenvalue weighted by Gasteiger charge is -2.10. The summed E-state index contributed by atoms with van der Waals surface area (Å²) in [5.41, 5.74) is 0. The SMILES string of the molecule is CN=C(NCCCCSC)NCc1cc(Br)cs1.I. The first-order valence-electron chi connectivity index (χ1n) is 5.92. The highest BCUT2D eigenvalue weighted by molar-refractivity contribution is 14.0. The molecule has 0 atom stereocenters. The molecule has 3 nitrogen and oxygen atoms in total. The Labute approximate surface area is 149 Å². The van der Waals surface area contributed by atoms with E-state index in [0.29, 0.717) is 0 Å². The summed E-state index contributed by atoms with van der Waals surface area (Å²) in [6.45, 7) is 1.80. The molecule has 0 aromatic carbocycles. The molecule has 0 aliphatic rings. The Hall–Kier alpha value is 0.530. The van der Waals surface area contributed by atoms with Crippen molar-refractivity contribution in [3.05, 3.63) is 20.8 Å². The van der Waals surface area contributed by atoms with Gasteiger partial charge < -0.3 is 10.6 Å². The Kier molecular flexibility index (Phi) is 12.6. The van der Waals surface area contributed by atoms with E-state index in [1.807, 2.05) is 18.8 Å². The minimum atomic E-state index is 0. The summed E-state index contributed by atoms with van der Waals surface area (Å²) in [6.07, 6.45) is 4.59. The summed E-state index contributed by atoms with van der Waals surface area (Å²) in [6, 6.07) is 2.13. The second-order valence-corrected chi connectivity index (χ2v) is 6.68. The predicted octanol–water partition coefficient (Wildman–Crippen LogP) is 3.94. The standard InChI is InChI=1S/C12H20BrN3S2.HI/c1-14-12(15-5-3-4-6-17-2)16-8-11-7-10(13)9-18-11;/h7,9H,3-6,8H2,1-2H3,(H2,14,15,16);1H. The third kappa shape index (κ3) is 9.14. The van der Waals surface area contributed by atoms with Crippen molar-refractivity contribution in [1.82, 2.24) is 10.6 Å². The highest BCUT2D eigenvalue weighted by atomic mass is 127. The van der Waals surface area contributed by atoms with Crippen molar-refractivity contribution in [3.63, 3.8) is 0 Å². The van der Waals surface area contributed by atoms with Crippen molar-refractivity contribution < 1.29 is 0 Å².